The number of rotatable bonds is 11. The Morgan fingerprint density at radius 2 is 1.62 bits per heavy atom. The van der Waals surface area contributed by atoms with Gasteiger partial charge in [0.15, 0.2) is 0 Å². The summed E-state index contributed by atoms with van der Waals surface area (Å²) in [6.45, 7) is 19.0. The molecule has 0 radical (unpaired) electrons. The molecule has 0 aromatic heterocycles. The van der Waals surface area contributed by atoms with Crippen LogP contribution in [0, 0.1) is 5.92 Å². The first-order valence-electron chi connectivity index (χ1n) is 10.2. The molecule has 152 valence electrons. The molecule has 3 nitrogen and oxygen atoms in total. The van der Waals surface area contributed by atoms with Gasteiger partial charge in [0.2, 0.25) is 0 Å². The molecule has 1 unspecified atom stereocenters. The molecular formula is C22H43N3S. The van der Waals surface area contributed by atoms with Gasteiger partial charge in [0.1, 0.15) is 0 Å². The molecule has 1 atom stereocenters. The number of benzene rings is 1. The molecule has 0 heterocycles. The minimum atomic E-state index is 0.475. The molecule has 0 saturated heterocycles. The highest BCUT2D eigenvalue weighted by molar-refractivity contribution is 7.98. The van der Waals surface area contributed by atoms with E-state index in [9.17, 15) is 0 Å². The monoisotopic (exact) mass is 381 g/mol. The first kappa shape index (κ1) is 27.3. The van der Waals surface area contributed by atoms with Crippen LogP contribution in [0.4, 0.5) is 5.69 Å². The molecular weight excluding hydrogens is 338 g/mol. The van der Waals surface area contributed by atoms with E-state index in [1.54, 1.807) is 12.1 Å². The van der Waals surface area contributed by atoms with Crippen LogP contribution in [0.2, 0.25) is 0 Å². The lowest BCUT2D eigenvalue weighted by atomic mass is 9.97. The van der Waals surface area contributed by atoms with Gasteiger partial charge >= 0.3 is 0 Å². The lowest BCUT2D eigenvalue weighted by Crippen LogP contribution is -2.30. The van der Waals surface area contributed by atoms with Crippen molar-refractivity contribution in [2.24, 2.45) is 5.92 Å². The summed E-state index contributed by atoms with van der Waals surface area (Å²) < 4.78 is 6.60. The minimum absolute atomic E-state index is 0.475. The van der Waals surface area contributed by atoms with Crippen molar-refractivity contribution in [1.82, 2.24) is 10.0 Å². The fourth-order valence-corrected chi connectivity index (χ4v) is 2.85. The highest BCUT2D eigenvalue weighted by atomic mass is 32.2. The second-order valence-corrected chi connectivity index (χ2v) is 6.65. The summed E-state index contributed by atoms with van der Waals surface area (Å²) >= 11 is 1.55. The van der Waals surface area contributed by atoms with Gasteiger partial charge in [0, 0.05) is 30.4 Å². The lowest BCUT2D eigenvalue weighted by Gasteiger charge is -2.19. The zero-order chi connectivity index (χ0) is 20.2. The van der Waals surface area contributed by atoms with Crippen molar-refractivity contribution in [3.05, 3.63) is 42.0 Å². The van der Waals surface area contributed by atoms with Gasteiger partial charge in [-0.2, -0.15) is 0 Å². The van der Waals surface area contributed by atoms with Crippen LogP contribution >= 0.6 is 12.1 Å². The van der Waals surface area contributed by atoms with Gasteiger partial charge in [-0.15, -0.1) is 0 Å². The fraction of sp³-hybridized carbons (Fsp3) is 0.636. The molecule has 0 aliphatic rings. The highest BCUT2D eigenvalue weighted by Crippen LogP contribution is 2.14. The highest BCUT2D eigenvalue weighted by Gasteiger charge is 2.08. The van der Waals surface area contributed by atoms with Crippen molar-refractivity contribution in [3.8, 4) is 0 Å². The van der Waals surface area contributed by atoms with Gasteiger partial charge in [-0.1, -0.05) is 71.4 Å². The fourth-order valence-electron chi connectivity index (χ4n) is 2.28. The van der Waals surface area contributed by atoms with E-state index < -0.39 is 0 Å². The van der Waals surface area contributed by atoms with Crippen molar-refractivity contribution in [1.29, 1.82) is 0 Å². The van der Waals surface area contributed by atoms with Crippen molar-refractivity contribution in [3.63, 3.8) is 0 Å². The summed E-state index contributed by atoms with van der Waals surface area (Å²) in [6, 6.07) is 10.7. The molecule has 3 N–H and O–H groups in total. The molecule has 0 bridgehead atoms. The predicted octanol–water partition coefficient (Wildman–Crippen LogP) is 6.66. The summed E-state index contributed by atoms with van der Waals surface area (Å²) in [6.07, 6.45) is 4.56. The topological polar surface area (TPSA) is 36.1 Å². The largest absolute Gasteiger partial charge is 0.317 e. The molecule has 0 fully saturated rings. The maximum absolute atomic E-state index is 3.61. The summed E-state index contributed by atoms with van der Waals surface area (Å²) in [7, 11) is 0. The van der Waals surface area contributed by atoms with Crippen LogP contribution in [0.5, 0.6) is 0 Å². The molecule has 4 heteroatoms. The van der Waals surface area contributed by atoms with E-state index in [-0.39, 0.29) is 0 Å². The Labute approximate surface area is 168 Å². The molecule has 0 saturated carbocycles. The van der Waals surface area contributed by atoms with Crippen LogP contribution in [0.3, 0.4) is 0 Å². The second-order valence-electron chi connectivity index (χ2n) is 5.96. The van der Waals surface area contributed by atoms with Crippen LogP contribution in [0.15, 0.2) is 42.0 Å². The average Bonchev–Trinajstić information content (AvgIpc) is 2.69. The zero-order valence-electron chi connectivity index (χ0n) is 18.4. The Hall–Kier alpha value is -0.970. The van der Waals surface area contributed by atoms with E-state index in [0.717, 1.165) is 31.1 Å². The normalized spacial score (nSPS) is 11.8. The van der Waals surface area contributed by atoms with E-state index >= 15 is 0 Å². The quantitative estimate of drug-likeness (QED) is 0.227. The van der Waals surface area contributed by atoms with Gasteiger partial charge in [-0.25, -0.2) is 4.72 Å². The van der Waals surface area contributed by atoms with Crippen molar-refractivity contribution in [2.45, 2.75) is 74.3 Å². The van der Waals surface area contributed by atoms with Gasteiger partial charge in [0.25, 0.3) is 0 Å². The van der Waals surface area contributed by atoms with Crippen molar-refractivity contribution in [2.75, 3.05) is 17.8 Å². The van der Waals surface area contributed by atoms with Crippen LogP contribution in [0.1, 0.15) is 68.2 Å². The number of allylic oxidation sites excluding steroid dienone is 1. The Balaban J connectivity index is 0. The number of hydrogen-bond acceptors (Lipinski definition) is 4. The maximum atomic E-state index is 3.61. The van der Waals surface area contributed by atoms with Gasteiger partial charge < -0.3 is 10.0 Å². The van der Waals surface area contributed by atoms with Gasteiger partial charge in [-0.05, 0) is 51.3 Å². The van der Waals surface area contributed by atoms with E-state index in [1.807, 2.05) is 45.9 Å². The number of nitrogens with one attached hydrogen (secondary N) is 3. The van der Waals surface area contributed by atoms with Crippen LogP contribution < -0.4 is 14.8 Å². The van der Waals surface area contributed by atoms with Crippen molar-refractivity contribution < 1.29 is 0 Å². The van der Waals surface area contributed by atoms with Gasteiger partial charge in [-0.3, -0.25) is 0 Å². The molecule has 0 spiro atoms. The first-order chi connectivity index (χ1) is 12.6. The standard InChI is InChI=1S/C18H31N3S.2C2H6/c1-5-17(14-15(2)3)16(4)19-12-9-13-20-22-21-18-10-7-6-8-11-18;2*1-2/h5-8,10-11,15-16,19-21H,9,12-14H2,1-4H3;2*1-2H3/b17-5+;;. The molecule has 0 amide bonds. The Morgan fingerprint density at radius 1 is 1.00 bits per heavy atom. The van der Waals surface area contributed by atoms with E-state index in [2.05, 4.69) is 60.7 Å². The van der Waals surface area contributed by atoms with E-state index in [1.165, 1.54) is 12.0 Å². The lowest BCUT2D eigenvalue weighted by molar-refractivity contribution is 0.537. The van der Waals surface area contributed by atoms with E-state index in [4.69, 9.17) is 0 Å². The van der Waals surface area contributed by atoms with Crippen LogP contribution in [-0.2, 0) is 0 Å². The average molecular weight is 382 g/mol. The Kier molecular flexibility index (Phi) is 21.3. The third-order valence-electron chi connectivity index (χ3n) is 3.49. The second kappa shape index (κ2) is 20.3. The van der Waals surface area contributed by atoms with Crippen molar-refractivity contribution >= 4 is 17.8 Å². The summed E-state index contributed by atoms with van der Waals surface area (Å²) in [5.41, 5.74) is 2.64. The molecule has 1 aromatic carbocycles. The molecule has 1 aromatic rings. The summed E-state index contributed by atoms with van der Waals surface area (Å²) in [5, 5.41) is 3.61. The Morgan fingerprint density at radius 3 is 2.15 bits per heavy atom. The Bertz CT molecular complexity index is 419. The van der Waals surface area contributed by atoms with Crippen LogP contribution in [-0.4, -0.2) is 19.1 Å². The minimum Gasteiger partial charge on any atom is -0.317 e. The number of hydrogen-bond donors (Lipinski definition) is 3. The SMILES string of the molecule is C/C=C(\CC(C)C)C(C)NCCCNSNc1ccccc1.CC.CC. The van der Waals surface area contributed by atoms with Crippen LogP contribution in [0.25, 0.3) is 0 Å². The third-order valence-corrected chi connectivity index (χ3v) is 4.18. The smallest absolute Gasteiger partial charge is 0.0451 e. The number of para-hydroxylation sites is 1. The molecule has 26 heavy (non-hydrogen) atoms. The zero-order valence-corrected chi connectivity index (χ0v) is 19.2. The molecule has 1 rings (SSSR count). The summed E-state index contributed by atoms with van der Waals surface area (Å²) in [4.78, 5) is 0. The third kappa shape index (κ3) is 15.3. The van der Waals surface area contributed by atoms with Gasteiger partial charge in [0.05, 0.1) is 0 Å². The van der Waals surface area contributed by atoms with E-state index in [0.29, 0.717) is 6.04 Å². The molecule has 0 aliphatic carbocycles. The summed E-state index contributed by atoms with van der Waals surface area (Å²) in [5.74, 6) is 0.720. The maximum Gasteiger partial charge on any atom is 0.0451 e. The first-order valence-corrected chi connectivity index (χ1v) is 11.0. The molecule has 0 aliphatic heterocycles. The predicted molar refractivity (Wildman–Crippen MR) is 124 cm³/mol. The number of anilines is 1.